The van der Waals surface area contributed by atoms with Crippen molar-refractivity contribution < 1.29 is 14.2 Å². The number of methoxy groups -OCH3 is 1. The maximum Gasteiger partial charge on any atom is 0.231 e. The number of rotatable bonds is 4. The fourth-order valence-corrected chi connectivity index (χ4v) is 3.81. The van der Waals surface area contributed by atoms with Crippen LogP contribution in [0.1, 0.15) is 23.9 Å². The minimum absolute atomic E-state index is 0.107. The molecule has 1 fully saturated rings. The van der Waals surface area contributed by atoms with E-state index in [-0.39, 0.29) is 18.9 Å². The molecular formula is C18H19N5O3. The lowest BCUT2D eigenvalue weighted by Gasteiger charge is -2.23. The van der Waals surface area contributed by atoms with E-state index in [4.69, 9.17) is 14.2 Å². The lowest BCUT2D eigenvalue weighted by atomic mass is 10.1. The maximum absolute atomic E-state index is 5.67. The van der Waals surface area contributed by atoms with Crippen molar-refractivity contribution in [3.63, 3.8) is 0 Å². The molecule has 26 heavy (non-hydrogen) atoms. The van der Waals surface area contributed by atoms with Crippen LogP contribution < -0.4 is 9.47 Å². The Balaban J connectivity index is 1.49. The van der Waals surface area contributed by atoms with Crippen molar-refractivity contribution in [1.29, 1.82) is 0 Å². The van der Waals surface area contributed by atoms with E-state index in [1.54, 1.807) is 19.5 Å². The summed E-state index contributed by atoms with van der Waals surface area (Å²) in [6.45, 7) is 1.83. The monoisotopic (exact) mass is 353 g/mol. The third kappa shape index (κ3) is 2.49. The van der Waals surface area contributed by atoms with Crippen LogP contribution in [0.25, 0.3) is 5.65 Å². The zero-order chi connectivity index (χ0) is 17.5. The topological polar surface area (TPSA) is 74.0 Å². The minimum Gasteiger partial charge on any atom is -0.454 e. The Morgan fingerprint density at radius 1 is 1.27 bits per heavy atom. The Morgan fingerprint density at radius 3 is 3.15 bits per heavy atom. The fourth-order valence-electron chi connectivity index (χ4n) is 3.81. The van der Waals surface area contributed by atoms with Crippen LogP contribution in [0.5, 0.6) is 11.5 Å². The van der Waals surface area contributed by atoms with Gasteiger partial charge in [0.15, 0.2) is 23.0 Å². The van der Waals surface area contributed by atoms with Crippen molar-refractivity contribution in [1.82, 2.24) is 24.5 Å². The highest BCUT2D eigenvalue weighted by Gasteiger charge is 2.37. The summed E-state index contributed by atoms with van der Waals surface area (Å²) in [6.07, 6.45) is 6.40. The first kappa shape index (κ1) is 15.5. The molecule has 2 aliphatic heterocycles. The second-order valence-electron chi connectivity index (χ2n) is 6.55. The first-order valence-electron chi connectivity index (χ1n) is 8.62. The third-order valence-electron chi connectivity index (χ3n) is 5.09. The van der Waals surface area contributed by atoms with Crippen LogP contribution in [0.4, 0.5) is 0 Å². The number of ether oxygens (including phenoxy) is 3. The van der Waals surface area contributed by atoms with Crippen molar-refractivity contribution >= 4 is 5.65 Å². The van der Waals surface area contributed by atoms with Gasteiger partial charge in [-0.3, -0.25) is 14.3 Å². The summed E-state index contributed by atoms with van der Waals surface area (Å²) < 4.78 is 18.8. The Kier molecular flexibility index (Phi) is 3.72. The summed E-state index contributed by atoms with van der Waals surface area (Å²) in [5, 5.41) is 8.68. The van der Waals surface area contributed by atoms with Crippen LogP contribution in [-0.4, -0.2) is 51.0 Å². The Labute approximate surface area is 150 Å². The van der Waals surface area contributed by atoms with Gasteiger partial charge in [0.25, 0.3) is 0 Å². The predicted octanol–water partition coefficient (Wildman–Crippen LogP) is 1.81. The van der Waals surface area contributed by atoms with Gasteiger partial charge in [0.1, 0.15) is 0 Å². The molecule has 0 unspecified atom stereocenters. The number of para-hydroxylation sites is 1. The van der Waals surface area contributed by atoms with Crippen molar-refractivity contribution in [3.05, 3.63) is 48.2 Å². The van der Waals surface area contributed by atoms with Crippen molar-refractivity contribution in [2.45, 2.75) is 25.1 Å². The molecule has 2 atom stereocenters. The number of hydrogen-bond acceptors (Lipinski definition) is 7. The van der Waals surface area contributed by atoms with E-state index in [0.29, 0.717) is 0 Å². The molecule has 8 heteroatoms. The average molecular weight is 353 g/mol. The van der Waals surface area contributed by atoms with Gasteiger partial charge in [0, 0.05) is 38.2 Å². The Morgan fingerprint density at radius 2 is 2.23 bits per heavy atom. The molecule has 2 aromatic heterocycles. The highest BCUT2D eigenvalue weighted by atomic mass is 16.7. The molecule has 0 bridgehead atoms. The molecule has 0 spiro atoms. The standard InChI is InChI=1S/C18H19N5O3/c1-24-13-7-14(18-21-20-16-8-19-5-6-23(16)18)22(10-13)9-12-3-2-4-15-17(12)26-11-25-15/h2-6,8,13-14H,7,9-11H2,1H3/t13-,14+/m1/s1. The van der Waals surface area contributed by atoms with Crippen molar-refractivity contribution in [2.75, 3.05) is 20.4 Å². The van der Waals surface area contributed by atoms with E-state index >= 15 is 0 Å². The van der Waals surface area contributed by atoms with Gasteiger partial charge < -0.3 is 14.2 Å². The lowest BCUT2D eigenvalue weighted by molar-refractivity contribution is 0.107. The van der Waals surface area contributed by atoms with E-state index < -0.39 is 0 Å². The first-order valence-corrected chi connectivity index (χ1v) is 8.62. The maximum atomic E-state index is 5.67. The Bertz CT molecular complexity index is 943. The zero-order valence-electron chi connectivity index (χ0n) is 14.4. The van der Waals surface area contributed by atoms with Gasteiger partial charge in [-0.15, -0.1) is 10.2 Å². The van der Waals surface area contributed by atoms with E-state index in [1.165, 1.54) is 0 Å². The van der Waals surface area contributed by atoms with Crippen molar-refractivity contribution in [3.8, 4) is 11.5 Å². The first-order chi connectivity index (χ1) is 12.8. The molecule has 0 aliphatic carbocycles. The minimum atomic E-state index is 0.107. The summed E-state index contributed by atoms with van der Waals surface area (Å²) in [6, 6.07) is 6.12. The fraction of sp³-hybridized carbons (Fsp3) is 0.389. The molecule has 2 aliphatic rings. The number of likely N-dealkylation sites (tertiary alicyclic amines) is 1. The number of aromatic nitrogens is 4. The van der Waals surface area contributed by atoms with E-state index in [0.717, 1.165) is 48.0 Å². The Hall–Kier alpha value is -2.71. The SMILES string of the molecule is CO[C@@H]1C[C@@H](c2nnc3cnccn23)N(Cc2cccc3c2OCO3)C1. The largest absolute Gasteiger partial charge is 0.454 e. The summed E-state index contributed by atoms with van der Waals surface area (Å²) >= 11 is 0. The molecule has 5 rings (SSSR count). The second-order valence-corrected chi connectivity index (χ2v) is 6.55. The van der Waals surface area contributed by atoms with Crippen LogP contribution in [0, 0.1) is 0 Å². The normalized spacial score (nSPS) is 22.3. The van der Waals surface area contributed by atoms with Crippen LogP contribution >= 0.6 is 0 Å². The number of nitrogens with zero attached hydrogens (tertiary/aromatic N) is 5. The van der Waals surface area contributed by atoms with Crippen molar-refractivity contribution in [2.24, 2.45) is 0 Å². The molecular weight excluding hydrogens is 334 g/mol. The van der Waals surface area contributed by atoms with E-state index in [9.17, 15) is 0 Å². The number of hydrogen-bond donors (Lipinski definition) is 0. The highest BCUT2D eigenvalue weighted by molar-refractivity contribution is 5.48. The van der Waals surface area contributed by atoms with Gasteiger partial charge in [-0.05, 0) is 12.5 Å². The molecule has 4 heterocycles. The summed E-state index contributed by atoms with van der Waals surface area (Å²) in [4.78, 5) is 6.48. The van der Waals surface area contributed by atoms with Gasteiger partial charge in [0.05, 0.1) is 18.3 Å². The molecule has 3 aromatic rings. The zero-order valence-corrected chi connectivity index (χ0v) is 14.4. The number of benzene rings is 1. The summed E-state index contributed by atoms with van der Waals surface area (Å²) in [7, 11) is 1.76. The third-order valence-corrected chi connectivity index (χ3v) is 5.09. The van der Waals surface area contributed by atoms with Gasteiger partial charge in [-0.25, -0.2) is 0 Å². The molecule has 0 radical (unpaired) electrons. The summed E-state index contributed by atoms with van der Waals surface area (Å²) in [5.74, 6) is 2.55. The molecule has 1 saturated heterocycles. The highest BCUT2D eigenvalue weighted by Crippen LogP contribution is 2.39. The molecule has 134 valence electrons. The van der Waals surface area contributed by atoms with Gasteiger partial charge in [0.2, 0.25) is 6.79 Å². The van der Waals surface area contributed by atoms with Gasteiger partial charge >= 0.3 is 0 Å². The van der Waals surface area contributed by atoms with Crippen LogP contribution in [0.2, 0.25) is 0 Å². The lowest BCUT2D eigenvalue weighted by Crippen LogP contribution is -2.26. The molecule has 1 aromatic carbocycles. The van der Waals surface area contributed by atoms with E-state index in [2.05, 4.69) is 26.1 Å². The quantitative estimate of drug-likeness (QED) is 0.708. The van der Waals surface area contributed by atoms with Crippen LogP contribution in [0.15, 0.2) is 36.8 Å². The van der Waals surface area contributed by atoms with Gasteiger partial charge in [-0.2, -0.15) is 0 Å². The van der Waals surface area contributed by atoms with Gasteiger partial charge in [-0.1, -0.05) is 12.1 Å². The molecule has 0 amide bonds. The van der Waals surface area contributed by atoms with E-state index in [1.807, 2.05) is 22.7 Å². The number of fused-ring (bicyclic) bond motifs is 2. The molecule has 8 nitrogen and oxygen atoms in total. The van der Waals surface area contributed by atoms with Crippen LogP contribution in [-0.2, 0) is 11.3 Å². The van der Waals surface area contributed by atoms with Crippen LogP contribution in [0.3, 0.4) is 0 Å². The predicted molar refractivity (Wildman–Crippen MR) is 91.9 cm³/mol. The second kappa shape index (κ2) is 6.22. The smallest absolute Gasteiger partial charge is 0.231 e. The average Bonchev–Trinajstić information content (AvgIpc) is 3.39. The molecule has 0 N–H and O–H groups in total. The molecule has 0 saturated carbocycles. The summed E-state index contributed by atoms with van der Waals surface area (Å²) in [5.41, 5.74) is 1.86.